The molecule has 4 rings (SSSR count). The number of halogens is 5. The fourth-order valence-corrected chi connectivity index (χ4v) is 5.41. The van der Waals surface area contributed by atoms with E-state index in [0.717, 1.165) is 24.7 Å². The Morgan fingerprint density at radius 1 is 0.643 bits per heavy atom. The maximum atomic E-state index is 14.5. The lowest BCUT2D eigenvalue weighted by Crippen LogP contribution is -2.38. The van der Waals surface area contributed by atoms with Crippen molar-refractivity contribution in [2.75, 3.05) is 0 Å². The van der Waals surface area contributed by atoms with Crippen LogP contribution in [0, 0.1) is 47.0 Å². The lowest BCUT2D eigenvalue weighted by atomic mass is 9.68. The maximum Gasteiger partial charge on any atom is 0.400 e. The normalized spacial score (nSPS) is 31.6. The Labute approximate surface area is 162 Å². The average molecular weight is 402 g/mol. The minimum atomic E-state index is -3.52. The van der Waals surface area contributed by atoms with Gasteiger partial charge in [0.15, 0.2) is 17.5 Å². The molecule has 0 heterocycles. The minimum Gasteiger partial charge on any atom is -0.432 e. The van der Waals surface area contributed by atoms with Crippen LogP contribution in [-0.4, -0.2) is 6.11 Å². The molecule has 0 atom stereocenters. The predicted molar refractivity (Wildman–Crippen MR) is 95.5 cm³/mol. The van der Waals surface area contributed by atoms with E-state index >= 15 is 0 Å². The Bertz CT molecular complexity index is 663. The predicted octanol–water partition coefficient (Wildman–Crippen LogP) is 7.10. The minimum absolute atomic E-state index is 0.340. The van der Waals surface area contributed by atoms with Gasteiger partial charge in [-0.2, -0.15) is 8.78 Å². The fraction of sp³-hybridized carbons (Fsp3) is 0.727. The van der Waals surface area contributed by atoms with E-state index in [1.807, 2.05) is 0 Å². The summed E-state index contributed by atoms with van der Waals surface area (Å²) in [5, 5.41) is 0. The third-order valence-corrected chi connectivity index (χ3v) is 7.23. The molecule has 0 amide bonds. The van der Waals surface area contributed by atoms with Gasteiger partial charge in [0.2, 0.25) is 0 Å². The summed E-state index contributed by atoms with van der Waals surface area (Å²) < 4.78 is 73.1. The largest absolute Gasteiger partial charge is 0.432 e. The zero-order valence-corrected chi connectivity index (χ0v) is 15.9. The molecule has 0 bridgehead atoms. The number of hydrogen-bond donors (Lipinski definition) is 0. The van der Waals surface area contributed by atoms with Crippen molar-refractivity contribution in [3.8, 4) is 5.75 Å². The van der Waals surface area contributed by atoms with Gasteiger partial charge >= 0.3 is 6.11 Å². The van der Waals surface area contributed by atoms with Gasteiger partial charge < -0.3 is 4.74 Å². The van der Waals surface area contributed by atoms with Crippen molar-refractivity contribution in [3.63, 3.8) is 0 Å². The van der Waals surface area contributed by atoms with E-state index in [9.17, 15) is 22.0 Å². The van der Waals surface area contributed by atoms with Gasteiger partial charge in [0.1, 0.15) is 5.75 Å². The molecule has 3 aliphatic carbocycles. The van der Waals surface area contributed by atoms with Crippen molar-refractivity contribution in [3.05, 3.63) is 29.6 Å². The summed E-state index contributed by atoms with van der Waals surface area (Å²) in [5.74, 6) is -3.43. The van der Waals surface area contributed by atoms with Gasteiger partial charge in [-0.25, -0.2) is 13.2 Å². The molecular formula is C22H27F5O. The Hall–Kier alpha value is -1.33. The molecule has 3 fully saturated rings. The van der Waals surface area contributed by atoms with Crippen molar-refractivity contribution in [1.82, 2.24) is 0 Å². The molecule has 6 heteroatoms. The SMILES string of the molecule is Fc1cc(OC(F)(F)C2CCC(C3CCC(C4CC4)CC3)CC2)cc(F)c1F. The second-order valence-electron chi connectivity index (χ2n) is 8.99. The molecule has 0 aliphatic heterocycles. The highest BCUT2D eigenvalue weighted by Gasteiger charge is 2.45. The summed E-state index contributed by atoms with van der Waals surface area (Å²) in [6, 6.07) is 0.937. The summed E-state index contributed by atoms with van der Waals surface area (Å²) in [6.45, 7) is 0. The highest BCUT2D eigenvalue weighted by atomic mass is 19.3. The average Bonchev–Trinajstić information content (AvgIpc) is 3.51. The molecular weight excluding hydrogens is 375 g/mol. The number of rotatable bonds is 5. The van der Waals surface area contributed by atoms with Crippen LogP contribution >= 0.6 is 0 Å². The lowest BCUT2D eigenvalue weighted by Gasteiger charge is -2.39. The zero-order valence-electron chi connectivity index (χ0n) is 15.9. The van der Waals surface area contributed by atoms with Crippen LogP contribution in [0.5, 0.6) is 5.75 Å². The van der Waals surface area contributed by atoms with E-state index in [0.29, 0.717) is 36.8 Å². The van der Waals surface area contributed by atoms with Crippen LogP contribution in [0.4, 0.5) is 22.0 Å². The van der Waals surface area contributed by atoms with Crippen molar-refractivity contribution in [2.45, 2.75) is 70.3 Å². The van der Waals surface area contributed by atoms with Crippen LogP contribution in [0.25, 0.3) is 0 Å². The van der Waals surface area contributed by atoms with E-state index in [4.69, 9.17) is 0 Å². The third kappa shape index (κ3) is 4.30. The first-order chi connectivity index (χ1) is 13.3. The third-order valence-electron chi connectivity index (χ3n) is 7.23. The first-order valence-electron chi connectivity index (χ1n) is 10.5. The number of alkyl halides is 2. The smallest absolute Gasteiger partial charge is 0.400 e. The van der Waals surface area contributed by atoms with Crippen LogP contribution in [0.1, 0.15) is 64.2 Å². The summed E-state index contributed by atoms with van der Waals surface area (Å²) >= 11 is 0. The molecule has 0 aromatic heterocycles. The van der Waals surface area contributed by atoms with Crippen molar-refractivity contribution in [2.24, 2.45) is 29.6 Å². The highest BCUT2D eigenvalue weighted by molar-refractivity contribution is 5.25. The molecule has 1 nitrogen and oxygen atoms in total. The van der Waals surface area contributed by atoms with Crippen LogP contribution < -0.4 is 4.74 Å². The molecule has 0 spiro atoms. The summed E-state index contributed by atoms with van der Waals surface area (Å²) in [6.07, 6.45) is 6.43. The molecule has 1 aromatic carbocycles. The van der Waals surface area contributed by atoms with E-state index in [1.54, 1.807) is 0 Å². The second kappa shape index (κ2) is 7.83. The highest BCUT2D eigenvalue weighted by Crippen LogP contribution is 2.49. The van der Waals surface area contributed by atoms with Crippen LogP contribution in [0.15, 0.2) is 12.1 Å². The van der Waals surface area contributed by atoms with Gasteiger partial charge in [-0.05, 0) is 87.9 Å². The second-order valence-corrected chi connectivity index (χ2v) is 8.99. The topological polar surface area (TPSA) is 9.23 Å². The molecule has 3 saturated carbocycles. The van der Waals surface area contributed by atoms with Crippen molar-refractivity contribution < 1.29 is 26.7 Å². The van der Waals surface area contributed by atoms with Crippen molar-refractivity contribution in [1.29, 1.82) is 0 Å². The molecule has 156 valence electrons. The monoisotopic (exact) mass is 402 g/mol. The Morgan fingerprint density at radius 3 is 1.39 bits per heavy atom. The number of benzene rings is 1. The molecule has 28 heavy (non-hydrogen) atoms. The first kappa shape index (κ1) is 20.0. The van der Waals surface area contributed by atoms with Gasteiger partial charge in [0.05, 0.1) is 5.92 Å². The van der Waals surface area contributed by atoms with Crippen LogP contribution in [0.3, 0.4) is 0 Å². The van der Waals surface area contributed by atoms with E-state index in [2.05, 4.69) is 4.74 Å². The molecule has 0 unspecified atom stereocenters. The van der Waals surface area contributed by atoms with Gasteiger partial charge in [-0.15, -0.1) is 0 Å². The van der Waals surface area contributed by atoms with E-state index < -0.39 is 35.2 Å². The molecule has 0 saturated heterocycles. The number of ether oxygens (including phenoxy) is 1. The van der Waals surface area contributed by atoms with Gasteiger partial charge in [-0.1, -0.05) is 0 Å². The summed E-state index contributed by atoms with van der Waals surface area (Å²) in [4.78, 5) is 0. The Balaban J connectivity index is 1.30. The molecule has 0 radical (unpaired) electrons. The van der Waals surface area contributed by atoms with Gasteiger partial charge in [0, 0.05) is 12.1 Å². The van der Waals surface area contributed by atoms with E-state index in [1.165, 1.54) is 38.5 Å². The Kier molecular flexibility index (Phi) is 5.58. The van der Waals surface area contributed by atoms with Gasteiger partial charge in [-0.3, -0.25) is 0 Å². The zero-order chi connectivity index (χ0) is 19.9. The quantitative estimate of drug-likeness (QED) is 0.377. The molecule has 0 N–H and O–H groups in total. The molecule has 1 aromatic rings. The van der Waals surface area contributed by atoms with Crippen LogP contribution in [-0.2, 0) is 0 Å². The standard InChI is InChI=1S/C22H27F5O/c23-19-11-18(12-20(24)21(19)25)28-22(26,27)17-9-7-16(8-10-17)15-5-3-14(4-6-15)13-1-2-13/h11-17H,1-10H2. The Morgan fingerprint density at radius 2 is 1.00 bits per heavy atom. The van der Waals surface area contributed by atoms with Crippen LogP contribution in [0.2, 0.25) is 0 Å². The first-order valence-corrected chi connectivity index (χ1v) is 10.5. The molecule has 3 aliphatic rings. The fourth-order valence-electron chi connectivity index (χ4n) is 5.41. The van der Waals surface area contributed by atoms with E-state index in [-0.39, 0.29) is 0 Å². The summed E-state index contributed by atoms with van der Waals surface area (Å²) in [5.41, 5.74) is 0. The summed E-state index contributed by atoms with van der Waals surface area (Å²) in [7, 11) is 0. The lowest BCUT2D eigenvalue weighted by molar-refractivity contribution is -0.224. The number of hydrogen-bond acceptors (Lipinski definition) is 1. The van der Waals surface area contributed by atoms with Gasteiger partial charge in [0.25, 0.3) is 0 Å². The maximum absolute atomic E-state index is 14.5. The van der Waals surface area contributed by atoms with Crippen molar-refractivity contribution >= 4 is 0 Å².